The second kappa shape index (κ2) is 7.00. The summed E-state index contributed by atoms with van der Waals surface area (Å²) >= 11 is 1.58. The van der Waals surface area contributed by atoms with E-state index in [1.54, 1.807) is 24.6 Å². The van der Waals surface area contributed by atoms with Crippen molar-refractivity contribution in [3.8, 4) is 5.75 Å². The van der Waals surface area contributed by atoms with Gasteiger partial charge in [-0.05, 0) is 37.0 Å². The maximum Gasteiger partial charge on any atom is 0.243 e. The minimum Gasteiger partial charge on any atom is -0.496 e. The van der Waals surface area contributed by atoms with Crippen molar-refractivity contribution in [3.63, 3.8) is 0 Å². The zero-order chi connectivity index (χ0) is 16.2. The second-order valence-electron chi connectivity index (χ2n) is 5.69. The van der Waals surface area contributed by atoms with Crippen LogP contribution in [0.4, 0.5) is 5.13 Å². The van der Waals surface area contributed by atoms with Crippen molar-refractivity contribution in [2.45, 2.75) is 32.4 Å². The fourth-order valence-corrected chi connectivity index (χ4v) is 3.63. The van der Waals surface area contributed by atoms with Gasteiger partial charge in [-0.3, -0.25) is 4.79 Å². The maximum absolute atomic E-state index is 12.5. The number of benzene rings is 1. The third kappa shape index (κ3) is 3.47. The Morgan fingerprint density at radius 1 is 1.52 bits per heavy atom. The van der Waals surface area contributed by atoms with E-state index >= 15 is 0 Å². The SMILES string of the molecule is COc1cc(CNC(=O)C2CCCN2c2nccs2)ccc1C. The number of thiazole rings is 1. The van der Waals surface area contributed by atoms with E-state index in [2.05, 4.69) is 15.2 Å². The van der Waals surface area contributed by atoms with E-state index in [0.717, 1.165) is 41.4 Å². The molecule has 0 aliphatic carbocycles. The molecule has 2 aromatic rings. The summed E-state index contributed by atoms with van der Waals surface area (Å²) in [4.78, 5) is 19.0. The van der Waals surface area contributed by atoms with Gasteiger partial charge in [-0.15, -0.1) is 11.3 Å². The van der Waals surface area contributed by atoms with Gasteiger partial charge in [-0.25, -0.2) is 4.98 Å². The summed E-state index contributed by atoms with van der Waals surface area (Å²) in [5, 5.41) is 5.92. The average molecular weight is 331 g/mol. The Balaban J connectivity index is 1.63. The van der Waals surface area contributed by atoms with E-state index in [0.29, 0.717) is 6.54 Å². The lowest BCUT2D eigenvalue weighted by Gasteiger charge is -2.23. The van der Waals surface area contributed by atoms with Crippen LogP contribution in [0.3, 0.4) is 0 Å². The lowest BCUT2D eigenvalue weighted by Crippen LogP contribution is -2.43. The maximum atomic E-state index is 12.5. The largest absolute Gasteiger partial charge is 0.496 e. The molecule has 0 bridgehead atoms. The molecule has 1 atom stereocenters. The first-order valence-corrected chi connectivity index (χ1v) is 8.64. The smallest absolute Gasteiger partial charge is 0.243 e. The standard InChI is InChI=1S/C17H21N3O2S/c1-12-5-6-13(10-15(12)22-2)11-19-16(21)14-4-3-8-20(14)17-18-7-9-23-17/h5-7,9-10,14H,3-4,8,11H2,1-2H3,(H,19,21). The van der Waals surface area contributed by atoms with Crippen LogP contribution >= 0.6 is 11.3 Å². The number of anilines is 1. The van der Waals surface area contributed by atoms with E-state index in [1.165, 1.54) is 0 Å². The van der Waals surface area contributed by atoms with Crippen LogP contribution in [-0.4, -0.2) is 30.6 Å². The van der Waals surface area contributed by atoms with Crippen molar-refractivity contribution in [2.75, 3.05) is 18.6 Å². The van der Waals surface area contributed by atoms with E-state index in [-0.39, 0.29) is 11.9 Å². The van der Waals surface area contributed by atoms with Gasteiger partial charge in [0, 0.05) is 24.7 Å². The number of hydrogen-bond acceptors (Lipinski definition) is 5. The lowest BCUT2D eigenvalue weighted by atomic mass is 10.1. The highest BCUT2D eigenvalue weighted by Gasteiger charge is 2.31. The van der Waals surface area contributed by atoms with Crippen LogP contribution < -0.4 is 15.0 Å². The number of rotatable bonds is 5. The van der Waals surface area contributed by atoms with E-state index in [4.69, 9.17) is 4.74 Å². The molecule has 0 radical (unpaired) electrons. The van der Waals surface area contributed by atoms with E-state index in [9.17, 15) is 4.79 Å². The van der Waals surface area contributed by atoms with Gasteiger partial charge in [0.15, 0.2) is 5.13 Å². The number of carbonyl (C=O) groups is 1. The molecule has 2 heterocycles. The summed E-state index contributed by atoms with van der Waals surface area (Å²) in [5.74, 6) is 0.916. The molecule has 0 spiro atoms. The van der Waals surface area contributed by atoms with Crippen LogP contribution in [0.15, 0.2) is 29.8 Å². The Morgan fingerprint density at radius 2 is 2.39 bits per heavy atom. The first kappa shape index (κ1) is 15.8. The van der Waals surface area contributed by atoms with Gasteiger partial charge in [0.1, 0.15) is 11.8 Å². The second-order valence-corrected chi connectivity index (χ2v) is 6.56. The third-order valence-corrected chi connectivity index (χ3v) is 4.97. The van der Waals surface area contributed by atoms with Crippen LogP contribution in [0.25, 0.3) is 0 Å². The van der Waals surface area contributed by atoms with Gasteiger partial charge in [0.05, 0.1) is 7.11 Å². The van der Waals surface area contributed by atoms with Gasteiger partial charge < -0.3 is 15.0 Å². The van der Waals surface area contributed by atoms with Gasteiger partial charge >= 0.3 is 0 Å². The third-order valence-electron chi connectivity index (χ3n) is 4.16. The summed E-state index contributed by atoms with van der Waals surface area (Å²) in [6.07, 6.45) is 3.69. The van der Waals surface area contributed by atoms with E-state index < -0.39 is 0 Å². The lowest BCUT2D eigenvalue weighted by molar-refractivity contribution is -0.122. The van der Waals surface area contributed by atoms with Crippen LogP contribution in [-0.2, 0) is 11.3 Å². The first-order chi connectivity index (χ1) is 11.2. The number of amides is 1. The number of nitrogens with zero attached hydrogens (tertiary/aromatic N) is 2. The molecule has 5 nitrogen and oxygen atoms in total. The molecular weight excluding hydrogens is 310 g/mol. The number of ether oxygens (including phenoxy) is 1. The normalized spacial score (nSPS) is 17.3. The molecule has 1 aliphatic heterocycles. The monoisotopic (exact) mass is 331 g/mol. The Hall–Kier alpha value is -2.08. The highest BCUT2D eigenvalue weighted by Crippen LogP contribution is 2.27. The zero-order valence-electron chi connectivity index (χ0n) is 13.4. The number of aromatic nitrogens is 1. The topological polar surface area (TPSA) is 54.5 Å². The van der Waals surface area contributed by atoms with Gasteiger partial charge in [-0.1, -0.05) is 12.1 Å². The fraction of sp³-hybridized carbons (Fsp3) is 0.412. The molecule has 122 valence electrons. The highest BCUT2D eigenvalue weighted by atomic mass is 32.1. The molecule has 1 N–H and O–H groups in total. The summed E-state index contributed by atoms with van der Waals surface area (Å²) < 4.78 is 5.33. The Bertz CT molecular complexity index is 672. The molecule has 0 saturated carbocycles. The van der Waals surface area contributed by atoms with Crippen molar-refractivity contribution in [3.05, 3.63) is 40.9 Å². The summed E-state index contributed by atoms with van der Waals surface area (Å²) in [6, 6.07) is 5.89. The number of nitrogens with one attached hydrogen (secondary N) is 1. The Labute approximate surface area is 140 Å². The molecule has 1 aliphatic rings. The molecule has 1 unspecified atom stereocenters. The van der Waals surface area contributed by atoms with Crippen LogP contribution in [0.5, 0.6) is 5.75 Å². The molecular formula is C17H21N3O2S. The number of aryl methyl sites for hydroxylation is 1. The van der Waals surface area contributed by atoms with Crippen molar-refractivity contribution < 1.29 is 9.53 Å². The first-order valence-electron chi connectivity index (χ1n) is 7.76. The molecule has 1 saturated heterocycles. The number of methoxy groups -OCH3 is 1. The van der Waals surface area contributed by atoms with Crippen molar-refractivity contribution in [2.24, 2.45) is 0 Å². The van der Waals surface area contributed by atoms with E-state index in [1.807, 2.05) is 30.5 Å². The number of carbonyl (C=O) groups excluding carboxylic acids is 1. The molecule has 1 amide bonds. The summed E-state index contributed by atoms with van der Waals surface area (Å²) in [5.41, 5.74) is 2.13. The molecule has 1 aromatic heterocycles. The molecule has 1 aromatic carbocycles. The van der Waals surface area contributed by atoms with Crippen molar-refractivity contribution in [1.29, 1.82) is 0 Å². The minimum atomic E-state index is -0.117. The van der Waals surface area contributed by atoms with Crippen molar-refractivity contribution in [1.82, 2.24) is 10.3 Å². The molecule has 3 rings (SSSR count). The average Bonchev–Trinajstić information content (AvgIpc) is 3.24. The van der Waals surface area contributed by atoms with Gasteiger partial charge in [0.2, 0.25) is 5.91 Å². The summed E-state index contributed by atoms with van der Waals surface area (Å²) in [6.45, 7) is 3.41. The predicted molar refractivity (Wildman–Crippen MR) is 92.1 cm³/mol. The minimum absolute atomic E-state index is 0.0669. The quantitative estimate of drug-likeness (QED) is 0.915. The highest BCUT2D eigenvalue weighted by molar-refractivity contribution is 7.13. The van der Waals surface area contributed by atoms with Crippen LogP contribution in [0.2, 0.25) is 0 Å². The van der Waals surface area contributed by atoms with Crippen molar-refractivity contribution >= 4 is 22.4 Å². The predicted octanol–water partition coefficient (Wildman–Crippen LogP) is 2.75. The Morgan fingerprint density at radius 3 is 3.13 bits per heavy atom. The molecule has 6 heteroatoms. The zero-order valence-corrected chi connectivity index (χ0v) is 14.2. The fourth-order valence-electron chi connectivity index (χ4n) is 2.91. The van der Waals surface area contributed by atoms with Crippen LogP contribution in [0.1, 0.15) is 24.0 Å². The molecule has 23 heavy (non-hydrogen) atoms. The van der Waals surface area contributed by atoms with Gasteiger partial charge in [-0.2, -0.15) is 0 Å². The summed E-state index contributed by atoms with van der Waals surface area (Å²) in [7, 11) is 1.66. The Kier molecular flexibility index (Phi) is 4.81. The number of hydrogen-bond donors (Lipinski definition) is 1. The van der Waals surface area contributed by atoms with Crippen LogP contribution in [0, 0.1) is 6.92 Å². The van der Waals surface area contributed by atoms with Gasteiger partial charge in [0.25, 0.3) is 0 Å². The molecule has 1 fully saturated rings.